The van der Waals surface area contributed by atoms with Crippen LogP contribution in [0.4, 0.5) is 5.69 Å². The summed E-state index contributed by atoms with van der Waals surface area (Å²) in [5.74, 6) is 0.610. The van der Waals surface area contributed by atoms with Crippen molar-refractivity contribution in [3.05, 3.63) is 81.7 Å². The second-order valence-electron chi connectivity index (χ2n) is 9.22. The van der Waals surface area contributed by atoms with Crippen LogP contribution in [-0.4, -0.2) is 36.8 Å². The van der Waals surface area contributed by atoms with Gasteiger partial charge in [0.15, 0.2) is 11.8 Å². The summed E-state index contributed by atoms with van der Waals surface area (Å²) in [4.78, 5) is 32.1. The standard InChI is InChI=1S/C28H28ClN4O3PS/c1-2-20(24-32-27(30)33-24)16-3-7-18(8-4-16)28(11-13-36-14-12-28)26(35)31-21-15-22(38-23(21)25(34)37)17-5-9-19(29)10-6-17/h2-10,15,27H,11-14,30,37H2,1H3,(H,31,35)(H,32,33)/b20-2-. The van der Waals surface area contributed by atoms with Gasteiger partial charge in [-0.05, 0) is 54.7 Å². The zero-order chi connectivity index (χ0) is 26.9. The number of amides is 1. The normalized spacial score (nSPS) is 18.7. The van der Waals surface area contributed by atoms with Crippen molar-refractivity contribution in [1.29, 1.82) is 0 Å². The zero-order valence-electron chi connectivity index (χ0n) is 20.8. The molecule has 2 aromatic carbocycles. The van der Waals surface area contributed by atoms with Gasteiger partial charge in [0.2, 0.25) is 5.91 Å². The molecule has 1 fully saturated rings. The van der Waals surface area contributed by atoms with Crippen molar-refractivity contribution in [2.24, 2.45) is 10.7 Å². The molecule has 1 saturated heterocycles. The molecule has 0 radical (unpaired) electrons. The summed E-state index contributed by atoms with van der Waals surface area (Å²) in [5, 5.41) is 6.83. The molecule has 0 aliphatic carbocycles. The molecular formula is C28H28ClN4O3PS. The second-order valence-corrected chi connectivity index (χ2v) is 11.2. The molecule has 2 unspecified atom stereocenters. The number of aliphatic imine (C=N–C) groups is 1. The van der Waals surface area contributed by atoms with E-state index < -0.39 is 5.41 Å². The number of carbonyl (C=O) groups excluding carboxylic acids is 2. The van der Waals surface area contributed by atoms with E-state index in [1.807, 2.05) is 55.5 Å². The molecular weight excluding hydrogens is 539 g/mol. The number of allylic oxidation sites excluding steroid dienone is 1. The van der Waals surface area contributed by atoms with E-state index in [-0.39, 0.29) is 17.7 Å². The highest BCUT2D eigenvalue weighted by atomic mass is 35.5. The molecule has 2 aliphatic rings. The van der Waals surface area contributed by atoms with Crippen LogP contribution in [0.2, 0.25) is 5.02 Å². The van der Waals surface area contributed by atoms with Gasteiger partial charge >= 0.3 is 0 Å². The van der Waals surface area contributed by atoms with Crippen molar-refractivity contribution in [3.63, 3.8) is 0 Å². The first-order chi connectivity index (χ1) is 18.3. The lowest BCUT2D eigenvalue weighted by Gasteiger charge is -2.36. The molecule has 0 saturated carbocycles. The van der Waals surface area contributed by atoms with Gasteiger partial charge in [-0.2, -0.15) is 0 Å². The molecule has 3 heterocycles. The van der Waals surface area contributed by atoms with Crippen LogP contribution in [0.5, 0.6) is 0 Å². The number of anilines is 1. The lowest BCUT2D eigenvalue weighted by Crippen LogP contribution is -2.50. The van der Waals surface area contributed by atoms with Gasteiger partial charge in [0.1, 0.15) is 5.84 Å². The Bertz CT molecular complexity index is 1430. The predicted molar refractivity (Wildman–Crippen MR) is 158 cm³/mol. The number of halogens is 1. The van der Waals surface area contributed by atoms with Crippen LogP contribution in [0.1, 0.15) is 40.6 Å². The van der Waals surface area contributed by atoms with Crippen LogP contribution in [0.3, 0.4) is 0 Å². The molecule has 2 atom stereocenters. The highest BCUT2D eigenvalue weighted by molar-refractivity contribution is 7.44. The Balaban J connectivity index is 1.45. The summed E-state index contributed by atoms with van der Waals surface area (Å²) in [6.45, 7) is 2.90. The number of amidine groups is 1. The van der Waals surface area contributed by atoms with Gasteiger partial charge in [-0.3, -0.25) is 15.3 Å². The van der Waals surface area contributed by atoms with Gasteiger partial charge in [-0.1, -0.05) is 63.3 Å². The van der Waals surface area contributed by atoms with E-state index >= 15 is 0 Å². The van der Waals surface area contributed by atoms with Gasteiger partial charge in [0.25, 0.3) is 0 Å². The Morgan fingerprint density at radius 2 is 1.84 bits per heavy atom. The number of nitrogens with two attached hydrogens (primary N) is 1. The maximum atomic E-state index is 14.0. The first kappa shape index (κ1) is 26.7. The van der Waals surface area contributed by atoms with Gasteiger partial charge in [0, 0.05) is 28.7 Å². The fraction of sp³-hybridized carbons (Fsp3) is 0.250. The molecule has 7 nitrogen and oxygen atoms in total. The van der Waals surface area contributed by atoms with Crippen molar-refractivity contribution in [2.75, 3.05) is 18.5 Å². The minimum absolute atomic E-state index is 0.149. The monoisotopic (exact) mass is 566 g/mol. The summed E-state index contributed by atoms with van der Waals surface area (Å²) in [5.41, 5.74) is 9.05. The Kier molecular flexibility index (Phi) is 7.80. The fourth-order valence-corrected chi connectivity index (χ4v) is 6.30. The minimum Gasteiger partial charge on any atom is -0.381 e. The molecule has 3 aromatic rings. The van der Waals surface area contributed by atoms with Crippen LogP contribution in [0.25, 0.3) is 16.0 Å². The first-order valence-corrected chi connectivity index (χ1v) is 14.0. The number of hydrogen-bond acceptors (Lipinski definition) is 7. The lowest BCUT2D eigenvalue weighted by atomic mass is 9.73. The number of benzene rings is 2. The Morgan fingerprint density at radius 3 is 2.42 bits per heavy atom. The summed E-state index contributed by atoms with van der Waals surface area (Å²) in [7, 11) is 2.21. The zero-order valence-corrected chi connectivity index (χ0v) is 23.5. The van der Waals surface area contributed by atoms with Gasteiger partial charge < -0.3 is 15.4 Å². The lowest BCUT2D eigenvalue weighted by molar-refractivity contribution is -0.125. The second kappa shape index (κ2) is 11.1. The van der Waals surface area contributed by atoms with E-state index in [4.69, 9.17) is 22.1 Å². The van der Waals surface area contributed by atoms with Crippen LogP contribution >= 0.6 is 32.2 Å². The molecule has 2 aliphatic heterocycles. The van der Waals surface area contributed by atoms with Crippen LogP contribution in [0, 0.1) is 0 Å². The molecule has 1 aromatic heterocycles. The summed E-state index contributed by atoms with van der Waals surface area (Å²) in [6, 6.07) is 17.3. The molecule has 0 spiro atoms. The summed E-state index contributed by atoms with van der Waals surface area (Å²) < 4.78 is 5.63. The van der Waals surface area contributed by atoms with Gasteiger partial charge in [0.05, 0.1) is 16.0 Å². The maximum Gasteiger partial charge on any atom is 0.235 e. The third-order valence-corrected chi connectivity index (χ3v) is 8.91. The smallest absolute Gasteiger partial charge is 0.235 e. The van der Waals surface area contributed by atoms with Crippen molar-refractivity contribution in [3.8, 4) is 10.4 Å². The van der Waals surface area contributed by atoms with E-state index in [1.165, 1.54) is 11.3 Å². The average Bonchev–Trinajstić information content (AvgIpc) is 3.33. The SMILES string of the molecule is C/C=C(\C1=NC(N)N1)c1ccc(C2(C(=O)Nc3cc(-c4ccc(Cl)cc4)sc3C(=O)P)CCOCC2)cc1. The van der Waals surface area contributed by atoms with Crippen LogP contribution in [-0.2, 0) is 14.9 Å². The fourth-order valence-electron chi connectivity index (χ4n) is 4.87. The molecule has 1 amide bonds. The number of ether oxygens (including phenoxy) is 1. The molecule has 196 valence electrons. The minimum atomic E-state index is -0.787. The Morgan fingerprint density at radius 1 is 1.18 bits per heavy atom. The highest BCUT2D eigenvalue weighted by Crippen LogP contribution is 2.40. The van der Waals surface area contributed by atoms with E-state index in [0.29, 0.717) is 41.6 Å². The Hall–Kier alpha value is -2.87. The van der Waals surface area contributed by atoms with Crippen LogP contribution in [0.15, 0.2) is 65.7 Å². The van der Waals surface area contributed by atoms with Crippen molar-refractivity contribution >= 4 is 60.7 Å². The molecule has 0 bridgehead atoms. The Labute approximate surface area is 232 Å². The molecule has 4 N–H and O–H groups in total. The van der Waals surface area contributed by atoms with Crippen LogP contribution < -0.4 is 16.4 Å². The number of nitrogens with one attached hydrogen (secondary N) is 2. The third kappa shape index (κ3) is 5.20. The highest BCUT2D eigenvalue weighted by Gasteiger charge is 2.42. The van der Waals surface area contributed by atoms with E-state index in [0.717, 1.165) is 33.0 Å². The van der Waals surface area contributed by atoms with Gasteiger partial charge in [-0.15, -0.1) is 11.3 Å². The topological polar surface area (TPSA) is 106 Å². The van der Waals surface area contributed by atoms with E-state index in [9.17, 15) is 9.59 Å². The van der Waals surface area contributed by atoms with E-state index in [2.05, 4.69) is 24.9 Å². The summed E-state index contributed by atoms with van der Waals surface area (Å²) in [6.07, 6.45) is 2.69. The first-order valence-electron chi connectivity index (χ1n) is 12.3. The molecule has 5 rings (SSSR count). The van der Waals surface area contributed by atoms with E-state index in [1.54, 1.807) is 12.1 Å². The van der Waals surface area contributed by atoms with Gasteiger partial charge in [-0.25, -0.2) is 4.99 Å². The summed E-state index contributed by atoms with van der Waals surface area (Å²) >= 11 is 7.39. The molecule has 10 heteroatoms. The average molecular weight is 567 g/mol. The largest absolute Gasteiger partial charge is 0.381 e. The quantitative estimate of drug-likeness (QED) is 0.331. The number of hydrogen-bond donors (Lipinski definition) is 3. The number of rotatable bonds is 7. The van der Waals surface area contributed by atoms with Crippen molar-refractivity contribution in [2.45, 2.75) is 31.5 Å². The number of thiophene rings is 1. The molecule has 38 heavy (non-hydrogen) atoms. The number of nitrogens with zero attached hydrogens (tertiary/aromatic N) is 1. The maximum absolute atomic E-state index is 14.0. The van der Waals surface area contributed by atoms with Crippen molar-refractivity contribution in [1.82, 2.24) is 5.32 Å². The predicted octanol–water partition coefficient (Wildman–Crippen LogP) is 5.42. The van der Waals surface area contributed by atoms with Crippen molar-refractivity contribution < 1.29 is 14.3 Å². The number of carbonyl (C=O) groups is 2. The third-order valence-electron chi connectivity index (χ3n) is 6.96.